The number of methoxy groups -OCH3 is 1. The van der Waals surface area contributed by atoms with Gasteiger partial charge in [0.25, 0.3) is 0 Å². The van der Waals surface area contributed by atoms with Crippen molar-refractivity contribution >= 4 is 35.3 Å². The Morgan fingerprint density at radius 2 is 1.53 bits per heavy atom. The Hall–Kier alpha value is -5.34. The number of amides is 5. The maximum atomic E-state index is 14.6. The second-order valence-corrected chi connectivity index (χ2v) is 18.5. The van der Waals surface area contributed by atoms with E-state index < -0.39 is 53.1 Å². The SMILES string of the molecule is COC(=O)N[C@H](C(=O)N[C@H](Cc1ccc(-c2ccccn2)cc1)C[C@H](O)[C@H](Cc1ccccc1)NC(=O)[C@@H](N1CCN(Cc2csc(C)n2)C1=O)C(C)(C)C)C(C)(C)C. The molecule has 4 aromatic rings. The number of pyridine rings is 1. The van der Waals surface area contributed by atoms with E-state index in [0.717, 1.165) is 33.1 Å². The summed E-state index contributed by atoms with van der Waals surface area (Å²) in [5, 5.41) is 24.0. The van der Waals surface area contributed by atoms with E-state index >= 15 is 0 Å². The van der Waals surface area contributed by atoms with E-state index in [2.05, 4.69) is 25.9 Å². The molecular formula is C45H59N7O6S. The van der Waals surface area contributed by atoms with E-state index in [-0.39, 0.29) is 18.4 Å². The lowest BCUT2D eigenvalue weighted by molar-refractivity contribution is -0.131. The number of benzene rings is 2. The van der Waals surface area contributed by atoms with Gasteiger partial charge in [-0.3, -0.25) is 14.6 Å². The Morgan fingerprint density at radius 3 is 2.12 bits per heavy atom. The number of rotatable bonds is 16. The molecule has 14 heteroatoms. The van der Waals surface area contributed by atoms with Gasteiger partial charge >= 0.3 is 12.1 Å². The minimum Gasteiger partial charge on any atom is -0.453 e. The van der Waals surface area contributed by atoms with Gasteiger partial charge in [-0.25, -0.2) is 14.6 Å². The number of aliphatic hydroxyl groups is 1. The van der Waals surface area contributed by atoms with Crippen LogP contribution in [-0.4, -0.2) is 99.3 Å². The Balaban J connectivity index is 1.41. The van der Waals surface area contributed by atoms with Crippen LogP contribution in [0.15, 0.2) is 84.4 Å². The predicted octanol–water partition coefficient (Wildman–Crippen LogP) is 6.14. The Labute approximate surface area is 352 Å². The summed E-state index contributed by atoms with van der Waals surface area (Å²) in [6, 6.07) is 19.7. The third-order valence-electron chi connectivity index (χ3n) is 10.5. The topological polar surface area (TPSA) is 166 Å². The molecule has 3 heterocycles. The lowest BCUT2D eigenvalue weighted by Crippen LogP contribution is -2.59. The zero-order valence-electron chi connectivity index (χ0n) is 35.4. The fourth-order valence-electron chi connectivity index (χ4n) is 7.49. The first-order chi connectivity index (χ1) is 27.9. The Bertz CT molecular complexity index is 2010. The molecule has 1 aliphatic heterocycles. The van der Waals surface area contributed by atoms with Crippen molar-refractivity contribution in [3.8, 4) is 11.3 Å². The molecule has 0 bridgehead atoms. The molecule has 0 unspecified atom stereocenters. The highest BCUT2D eigenvalue weighted by Crippen LogP contribution is 2.30. The lowest BCUT2D eigenvalue weighted by atomic mass is 9.84. The number of carbonyl (C=O) groups is 4. The van der Waals surface area contributed by atoms with Crippen molar-refractivity contribution in [3.05, 3.63) is 106 Å². The van der Waals surface area contributed by atoms with Gasteiger partial charge in [-0.1, -0.05) is 102 Å². The largest absolute Gasteiger partial charge is 0.453 e. The van der Waals surface area contributed by atoms with Crippen LogP contribution < -0.4 is 16.0 Å². The second kappa shape index (κ2) is 19.6. The van der Waals surface area contributed by atoms with E-state index in [1.54, 1.807) is 16.0 Å². The summed E-state index contributed by atoms with van der Waals surface area (Å²) in [5.74, 6) is -0.815. The van der Waals surface area contributed by atoms with Gasteiger partial charge in [0.15, 0.2) is 0 Å². The van der Waals surface area contributed by atoms with Crippen LogP contribution in [0.2, 0.25) is 0 Å². The summed E-state index contributed by atoms with van der Waals surface area (Å²) in [6.07, 6.45) is 0.553. The van der Waals surface area contributed by atoms with Crippen LogP contribution in [0.1, 0.15) is 69.8 Å². The zero-order chi connectivity index (χ0) is 42.9. The molecule has 59 heavy (non-hydrogen) atoms. The van der Waals surface area contributed by atoms with Crippen LogP contribution in [-0.2, 0) is 33.7 Å². The van der Waals surface area contributed by atoms with Crippen LogP contribution in [0.25, 0.3) is 11.3 Å². The van der Waals surface area contributed by atoms with E-state index in [0.29, 0.717) is 32.5 Å². The molecular weight excluding hydrogens is 767 g/mol. The molecule has 5 rings (SSSR count). The van der Waals surface area contributed by atoms with Gasteiger partial charge in [-0.15, -0.1) is 11.3 Å². The molecule has 5 atom stereocenters. The van der Waals surface area contributed by atoms with E-state index in [4.69, 9.17) is 4.74 Å². The number of aromatic nitrogens is 2. The molecule has 316 valence electrons. The highest BCUT2D eigenvalue weighted by molar-refractivity contribution is 7.09. The Kier molecular flexibility index (Phi) is 14.9. The molecule has 13 nitrogen and oxygen atoms in total. The first-order valence-corrected chi connectivity index (χ1v) is 20.9. The molecule has 1 aliphatic rings. The number of carbonyl (C=O) groups excluding carboxylic acids is 4. The molecule has 2 aromatic heterocycles. The number of ether oxygens (including phenoxy) is 1. The number of urea groups is 1. The minimum atomic E-state index is -1.14. The number of hydrogen-bond acceptors (Lipinski definition) is 9. The van der Waals surface area contributed by atoms with Gasteiger partial charge in [0, 0.05) is 36.3 Å². The normalized spacial score (nSPS) is 15.8. The molecule has 0 aliphatic carbocycles. The third kappa shape index (κ3) is 12.3. The molecule has 4 N–H and O–H groups in total. The standard InChI is InChI=1S/C45H59N7O6S/c1-29-47-34(28-59-29)27-51-22-23-52(43(51)57)39(45(5,6)7)41(55)49-36(25-30-14-10-9-11-15-30)37(53)26-33(48-40(54)38(44(2,3)4)50-42(56)58-8)24-31-17-19-32(20-18-31)35-16-12-13-21-46-35/h9-21,28,33,36-39,53H,22-27H2,1-8H3,(H,48,54)(H,49,55)(H,50,56)/t33-,36+,37+,38-,39-/m1/s1. The van der Waals surface area contributed by atoms with Gasteiger partial charge in [-0.05, 0) is 60.3 Å². The van der Waals surface area contributed by atoms with Crippen molar-refractivity contribution in [2.45, 2.75) is 105 Å². The highest BCUT2D eigenvalue weighted by atomic mass is 32.1. The van der Waals surface area contributed by atoms with Crippen LogP contribution in [0.3, 0.4) is 0 Å². The van der Waals surface area contributed by atoms with Crippen molar-refractivity contribution in [2.75, 3.05) is 20.2 Å². The van der Waals surface area contributed by atoms with Crippen molar-refractivity contribution in [1.82, 2.24) is 35.7 Å². The van der Waals surface area contributed by atoms with Gasteiger partial charge in [-0.2, -0.15) is 0 Å². The molecule has 0 saturated carbocycles. The number of alkyl carbamates (subject to hydrolysis) is 1. The van der Waals surface area contributed by atoms with E-state index in [9.17, 15) is 24.3 Å². The summed E-state index contributed by atoms with van der Waals surface area (Å²) < 4.78 is 4.84. The number of nitrogens with one attached hydrogen (secondary N) is 3. The van der Waals surface area contributed by atoms with Crippen molar-refractivity contribution in [2.24, 2.45) is 10.8 Å². The molecule has 0 spiro atoms. The van der Waals surface area contributed by atoms with Crippen LogP contribution in [0.4, 0.5) is 9.59 Å². The molecule has 1 fully saturated rings. The Morgan fingerprint density at radius 1 is 0.847 bits per heavy atom. The predicted molar refractivity (Wildman–Crippen MR) is 229 cm³/mol. The first-order valence-electron chi connectivity index (χ1n) is 20.1. The number of hydrogen-bond donors (Lipinski definition) is 4. The van der Waals surface area contributed by atoms with Crippen molar-refractivity contribution in [3.63, 3.8) is 0 Å². The van der Waals surface area contributed by atoms with Crippen molar-refractivity contribution in [1.29, 1.82) is 0 Å². The molecule has 0 radical (unpaired) electrons. The van der Waals surface area contributed by atoms with Gasteiger partial charge in [0.05, 0.1) is 42.2 Å². The van der Waals surface area contributed by atoms with Crippen LogP contribution in [0.5, 0.6) is 0 Å². The minimum absolute atomic E-state index is 0.0598. The quantitative estimate of drug-likeness (QED) is 0.105. The lowest BCUT2D eigenvalue weighted by Gasteiger charge is -2.38. The van der Waals surface area contributed by atoms with Crippen LogP contribution >= 0.6 is 11.3 Å². The first kappa shape index (κ1) is 44.8. The van der Waals surface area contributed by atoms with E-state index in [1.165, 1.54) is 18.4 Å². The fraction of sp³-hybridized carbons (Fsp3) is 0.467. The summed E-state index contributed by atoms with van der Waals surface area (Å²) in [6.45, 7) is 14.4. The third-order valence-corrected chi connectivity index (χ3v) is 11.3. The average molecular weight is 826 g/mol. The molecule has 5 amide bonds. The van der Waals surface area contributed by atoms with Crippen LogP contribution in [0, 0.1) is 17.8 Å². The van der Waals surface area contributed by atoms with E-state index in [1.807, 2.05) is 127 Å². The zero-order valence-corrected chi connectivity index (χ0v) is 36.2. The fourth-order valence-corrected chi connectivity index (χ4v) is 8.10. The number of thiazole rings is 1. The molecule has 2 aromatic carbocycles. The average Bonchev–Trinajstić information content (AvgIpc) is 3.76. The van der Waals surface area contributed by atoms with Gasteiger partial charge in [0.2, 0.25) is 11.8 Å². The van der Waals surface area contributed by atoms with Gasteiger partial charge in [0.1, 0.15) is 12.1 Å². The summed E-state index contributed by atoms with van der Waals surface area (Å²) in [4.78, 5) is 67.1. The summed E-state index contributed by atoms with van der Waals surface area (Å²) in [5.41, 5.74) is 3.03. The summed E-state index contributed by atoms with van der Waals surface area (Å²) in [7, 11) is 1.24. The monoisotopic (exact) mass is 825 g/mol. The maximum Gasteiger partial charge on any atom is 0.407 e. The highest BCUT2D eigenvalue weighted by Gasteiger charge is 2.44. The van der Waals surface area contributed by atoms with Gasteiger partial charge < -0.3 is 35.6 Å². The summed E-state index contributed by atoms with van der Waals surface area (Å²) >= 11 is 1.53. The van der Waals surface area contributed by atoms with Crippen molar-refractivity contribution < 1.29 is 29.0 Å². The number of aliphatic hydroxyl groups excluding tert-OH is 1. The molecule has 1 saturated heterocycles. The maximum absolute atomic E-state index is 14.6. The smallest absolute Gasteiger partial charge is 0.407 e. The number of nitrogens with zero attached hydrogens (tertiary/aromatic N) is 4. The number of aryl methyl sites for hydroxylation is 1. The second-order valence-electron chi connectivity index (χ2n) is 17.4.